The lowest BCUT2D eigenvalue weighted by Crippen LogP contribution is -2.15. The molecule has 0 amide bonds. The summed E-state index contributed by atoms with van der Waals surface area (Å²) in [5.74, 6) is -1.25. The smallest absolute Gasteiger partial charge is 0.416 e. The maximum atomic E-state index is 10.8. The van der Waals surface area contributed by atoms with Crippen molar-refractivity contribution in [2.45, 2.75) is 13.2 Å². The third kappa shape index (κ3) is 1.08. The zero-order chi connectivity index (χ0) is 10.3. The van der Waals surface area contributed by atoms with Gasteiger partial charge in [-0.05, 0) is 0 Å². The number of nitrogens with zero attached hydrogens (tertiary/aromatic N) is 1. The van der Waals surface area contributed by atoms with Crippen LogP contribution in [0.1, 0.15) is 21.6 Å². The number of carboxylic acids is 1. The Morgan fingerprint density at radius 1 is 1.36 bits per heavy atom. The predicted octanol–water partition coefficient (Wildman–Crippen LogP) is 0.743. The van der Waals surface area contributed by atoms with E-state index in [1.807, 2.05) is 0 Å². The summed E-state index contributed by atoms with van der Waals surface area (Å²) in [5.41, 5.74) is 0.870. The number of fused-ring (bicyclic) bond motifs is 1. The zero-order valence-electron chi connectivity index (χ0n) is 7.06. The lowest BCUT2D eigenvalue weighted by Gasteiger charge is -2.00. The molecule has 1 aliphatic rings. The molecule has 2 rings (SSSR count). The van der Waals surface area contributed by atoms with Gasteiger partial charge in [0.1, 0.15) is 5.69 Å². The van der Waals surface area contributed by atoms with Crippen LogP contribution in [0.25, 0.3) is 0 Å². The minimum atomic E-state index is -1.29. The van der Waals surface area contributed by atoms with Crippen LogP contribution in [0.5, 0.6) is 0 Å². The number of carbonyl (C=O) groups is 2. The third-order valence-corrected chi connectivity index (χ3v) is 2.11. The van der Waals surface area contributed by atoms with Crippen LogP contribution >= 0.6 is 0 Å². The maximum absolute atomic E-state index is 10.8. The number of hydrogen-bond donors (Lipinski definition) is 2. The highest BCUT2D eigenvalue weighted by molar-refractivity contribution is 5.92. The van der Waals surface area contributed by atoms with Gasteiger partial charge in [0.2, 0.25) is 0 Å². The van der Waals surface area contributed by atoms with Gasteiger partial charge in [-0.25, -0.2) is 14.2 Å². The Morgan fingerprint density at radius 2 is 2.07 bits per heavy atom. The molecule has 0 saturated heterocycles. The van der Waals surface area contributed by atoms with Gasteiger partial charge < -0.3 is 14.9 Å². The first kappa shape index (κ1) is 8.76. The van der Waals surface area contributed by atoms with Crippen LogP contribution in [-0.4, -0.2) is 26.8 Å². The molecule has 0 aliphatic carbocycles. The molecule has 0 radical (unpaired) electrons. The first-order valence-corrected chi connectivity index (χ1v) is 3.88. The van der Waals surface area contributed by atoms with Crippen molar-refractivity contribution in [3.63, 3.8) is 0 Å². The molecule has 0 unspecified atom stereocenters. The Morgan fingerprint density at radius 3 is 2.64 bits per heavy atom. The molecule has 0 spiro atoms. The highest BCUT2D eigenvalue weighted by Gasteiger charge is 2.27. The van der Waals surface area contributed by atoms with E-state index in [0.29, 0.717) is 11.1 Å². The third-order valence-electron chi connectivity index (χ3n) is 2.11. The van der Waals surface area contributed by atoms with Gasteiger partial charge in [-0.2, -0.15) is 0 Å². The van der Waals surface area contributed by atoms with Crippen LogP contribution < -0.4 is 0 Å². The first-order chi connectivity index (χ1) is 6.61. The van der Waals surface area contributed by atoms with Crippen molar-refractivity contribution in [3.05, 3.63) is 23.0 Å². The molecule has 1 aliphatic heterocycles. The van der Waals surface area contributed by atoms with Crippen LogP contribution in [0.3, 0.4) is 0 Å². The van der Waals surface area contributed by atoms with Crippen molar-refractivity contribution < 1.29 is 24.5 Å². The summed E-state index contributed by atoms with van der Waals surface area (Å²) in [7, 11) is 0. The molecule has 6 heteroatoms. The van der Waals surface area contributed by atoms with Crippen LogP contribution in [0, 0.1) is 0 Å². The quantitative estimate of drug-likeness (QED) is 0.693. The molecule has 2 heterocycles. The number of aromatic nitrogens is 1. The molecule has 14 heavy (non-hydrogen) atoms. The molecule has 0 saturated carbocycles. The Balaban J connectivity index is 2.62. The largest absolute Gasteiger partial charge is 0.477 e. The van der Waals surface area contributed by atoms with E-state index in [1.54, 1.807) is 0 Å². The van der Waals surface area contributed by atoms with E-state index in [-0.39, 0.29) is 18.9 Å². The lowest BCUT2D eigenvalue weighted by molar-refractivity contribution is 0.0677. The molecule has 0 aromatic carbocycles. The zero-order valence-corrected chi connectivity index (χ0v) is 7.06. The van der Waals surface area contributed by atoms with E-state index in [1.165, 1.54) is 6.20 Å². The Hall–Kier alpha value is -1.82. The normalized spacial score (nSPS) is 14.0. The molecule has 1 aromatic rings. The summed E-state index contributed by atoms with van der Waals surface area (Å²) >= 11 is 0. The second-order valence-corrected chi connectivity index (χ2v) is 2.93. The monoisotopic (exact) mass is 197 g/mol. The molecule has 0 fully saturated rings. The van der Waals surface area contributed by atoms with E-state index < -0.39 is 12.1 Å². The summed E-state index contributed by atoms with van der Waals surface area (Å²) < 4.78 is 5.73. The predicted molar refractivity (Wildman–Crippen MR) is 43.3 cm³/mol. The highest BCUT2D eigenvalue weighted by atomic mass is 16.5. The molecule has 6 nitrogen and oxygen atoms in total. The van der Waals surface area contributed by atoms with E-state index in [2.05, 4.69) is 0 Å². The van der Waals surface area contributed by atoms with Gasteiger partial charge in [-0.1, -0.05) is 0 Å². The lowest BCUT2D eigenvalue weighted by atomic mass is 10.2. The summed E-state index contributed by atoms with van der Waals surface area (Å²) in [5, 5.41) is 17.6. The van der Waals surface area contributed by atoms with E-state index in [4.69, 9.17) is 14.9 Å². The minimum absolute atomic E-state index is 0.164. The second-order valence-electron chi connectivity index (χ2n) is 2.93. The fraction of sp³-hybridized carbons (Fsp3) is 0.250. The number of carboxylic acid groups (broad SMARTS) is 2. The van der Waals surface area contributed by atoms with Gasteiger partial charge in [-0.15, -0.1) is 0 Å². The van der Waals surface area contributed by atoms with Gasteiger partial charge >= 0.3 is 12.1 Å². The fourth-order valence-corrected chi connectivity index (χ4v) is 1.53. The van der Waals surface area contributed by atoms with E-state index >= 15 is 0 Å². The summed E-state index contributed by atoms with van der Waals surface area (Å²) in [6.07, 6.45) is -0.00880. The Labute approximate surface area is 78.3 Å². The first-order valence-electron chi connectivity index (χ1n) is 3.88. The molecule has 0 bridgehead atoms. The van der Waals surface area contributed by atoms with Gasteiger partial charge in [0, 0.05) is 17.3 Å². The fourth-order valence-electron chi connectivity index (χ4n) is 1.53. The molecule has 74 valence electrons. The van der Waals surface area contributed by atoms with Crippen molar-refractivity contribution in [3.8, 4) is 0 Å². The second kappa shape index (κ2) is 2.85. The standard InChI is InChI=1S/C8H7NO5/c10-7(11)6-5-3-14-2-4(5)1-9(6)8(12)13/h1H,2-3H2,(H,10,11)(H,12,13). The van der Waals surface area contributed by atoms with Crippen LogP contribution in [0.2, 0.25) is 0 Å². The van der Waals surface area contributed by atoms with Gasteiger partial charge in [0.25, 0.3) is 0 Å². The van der Waals surface area contributed by atoms with Crippen LogP contribution in [0.4, 0.5) is 4.79 Å². The van der Waals surface area contributed by atoms with E-state index in [9.17, 15) is 9.59 Å². The van der Waals surface area contributed by atoms with E-state index in [0.717, 1.165) is 4.57 Å². The molecular formula is C8H7NO5. The molecule has 1 aromatic heterocycles. The number of aromatic carboxylic acids is 1. The van der Waals surface area contributed by atoms with Crippen molar-refractivity contribution in [2.24, 2.45) is 0 Å². The summed E-state index contributed by atoms with van der Waals surface area (Å²) in [6, 6.07) is 0. The topological polar surface area (TPSA) is 88.8 Å². The summed E-state index contributed by atoms with van der Waals surface area (Å²) in [6.45, 7) is 0.438. The highest BCUT2D eigenvalue weighted by Crippen LogP contribution is 2.25. The SMILES string of the molecule is O=C(O)c1c2c(cn1C(=O)O)COC2. The number of hydrogen-bond acceptors (Lipinski definition) is 3. The van der Waals surface area contributed by atoms with Crippen molar-refractivity contribution in [2.75, 3.05) is 0 Å². The van der Waals surface area contributed by atoms with Crippen molar-refractivity contribution in [1.82, 2.24) is 4.57 Å². The average Bonchev–Trinajstić information content (AvgIpc) is 2.58. The molecule has 2 N–H and O–H groups in total. The summed E-state index contributed by atoms with van der Waals surface area (Å²) in [4.78, 5) is 21.5. The Kier molecular flexibility index (Phi) is 1.78. The van der Waals surface area contributed by atoms with Gasteiger partial charge in [0.05, 0.1) is 13.2 Å². The maximum Gasteiger partial charge on any atom is 0.416 e. The molecule has 0 atom stereocenters. The van der Waals surface area contributed by atoms with Crippen molar-refractivity contribution >= 4 is 12.1 Å². The minimum Gasteiger partial charge on any atom is -0.477 e. The van der Waals surface area contributed by atoms with Crippen molar-refractivity contribution in [1.29, 1.82) is 0 Å². The number of ether oxygens (including phenoxy) is 1. The van der Waals surface area contributed by atoms with Crippen LogP contribution in [-0.2, 0) is 18.0 Å². The Bertz CT molecular complexity index is 420. The average molecular weight is 197 g/mol. The number of rotatable bonds is 1. The van der Waals surface area contributed by atoms with Gasteiger partial charge in [-0.3, -0.25) is 0 Å². The van der Waals surface area contributed by atoms with Gasteiger partial charge in [0.15, 0.2) is 0 Å². The molecular weight excluding hydrogens is 190 g/mol. The van der Waals surface area contributed by atoms with Crippen LogP contribution in [0.15, 0.2) is 6.20 Å².